The SMILES string of the molecule is N#Cc1ccc(-n2c3ccccc3c3ccccc32)cc1-c1cc([Si](c2ccccc2)(c2ccccc2)c2ccccc2)ccc1C#N. The Morgan fingerprint density at radius 3 is 1.29 bits per heavy atom. The second kappa shape index (κ2) is 12.0. The molecule has 0 amide bonds. The third-order valence-corrected chi connectivity index (χ3v) is 14.2. The standard InChI is InChI=1S/C44H29N3Si/c45-30-32-24-26-34(47-43-22-12-10-20-39(43)40-21-11-13-23-44(40)47)28-41(32)42-29-38(27-25-33(42)31-46)48(35-14-4-1-5-15-35,36-16-6-2-7-17-36)37-18-8-3-9-19-37/h1-29H. The molecule has 0 fully saturated rings. The predicted molar refractivity (Wildman–Crippen MR) is 199 cm³/mol. The highest BCUT2D eigenvalue weighted by molar-refractivity contribution is 7.19. The normalized spacial score (nSPS) is 11.3. The van der Waals surface area contributed by atoms with Crippen LogP contribution in [0.1, 0.15) is 11.1 Å². The molecule has 0 unspecified atom stereocenters. The molecule has 0 radical (unpaired) electrons. The molecule has 0 bridgehead atoms. The Hall–Kier alpha value is -6.46. The van der Waals surface area contributed by atoms with Crippen molar-refractivity contribution < 1.29 is 0 Å². The van der Waals surface area contributed by atoms with Crippen LogP contribution >= 0.6 is 0 Å². The highest BCUT2D eigenvalue weighted by Crippen LogP contribution is 2.35. The number of nitrogens with zero attached hydrogens (tertiary/aromatic N) is 3. The maximum Gasteiger partial charge on any atom is 0.179 e. The predicted octanol–water partition coefficient (Wildman–Crippen LogP) is 7.57. The van der Waals surface area contributed by atoms with Crippen LogP contribution in [0.5, 0.6) is 0 Å². The molecular weight excluding hydrogens is 599 g/mol. The van der Waals surface area contributed by atoms with Crippen molar-refractivity contribution in [2.24, 2.45) is 0 Å². The van der Waals surface area contributed by atoms with E-state index in [4.69, 9.17) is 0 Å². The molecule has 1 aromatic heterocycles. The summed E-state index contributed by atoms with van der Waals surface area (Å²) in [5.41, 5.74) is 5.68. The van der Waals surface area contributed by atoms with Gasteiger partial charge in [-0.25, -0.2) is 0 Å². The van der Waals surface area contributed by atoms with Gasteiger partial charge >= 0.3 is 0 Å². The molecule has 3 nitrogen and oxygen atoms in total. The molecular formula is C44H29N3Si. The average Bonchev–Trinajstić information content (AvgIpc) is 3.50. The van der Waals surface area contributed by atoms with Gasteiger partial charge in [-0.3, -0.25) is 0 Å². The molecule has 0 aliphatic heterocycles. The van der Waals surface area contributed by atoms with Crippen LogP contribution in [-0.4, -0.2) is 12.6 Å². The summed E-state index contributed by atoms with van der Waals surface area (Å²) in [5.74, 6) is 0. The molecule has 0 atom stereocenters. The molecule has 8 rings (SSSR count). The summed E-state index contributed by atoms with van der Waals surface area (Å²) in [5, 5.41) is 28.2. The van der Waals surface area contributed by atoms with E-state index in [1.807, 2.05) is 18.2 Å². The number of para-hydroxylation sites is 2. The van der Waals surface area contributed by atoms with Crippen molar-refractivity contribution in [1.82, 2.24) is 4.57 Å². The third kappa shape index (κ3) is 4.55. The number of nitriles is 2. The van der Waals surface area contributed by atoms with Gasteiger partial charge in [-0.1, -0.05) is 140 Å². The largest absolute Gasteiger partial charge is 0.309 e. The minimum Gasteiger partial charge on any atom is -0.309 e. The van der Waals surface area contributed by atoms with Crippen molar-refractivity contribution in [3.05, 3.63) is 187 Å². The summed E-state index contributed by atoms with van der Waals surface area (Å²) >= 11 is 0. The zero-order chi connectivity index (χ0) is 32.5. The van der Waals surface area contributed by atoms with Gasteiger partial charge in [-0.15, -0.1) is 0 Å². The molecule has 0 saturated heterocycles. The van der Waals surface area contributed by atoms with Gasteiger partial charge in [0.25, 0.3) is 0 Å². The summed E-state index contributed by atoms with van der Waals surface area (Å²) in [4.78, 5) is 0. The van der Waals surface area contributed by atoms with Crippen molar-refractivity contribution in [2.45, 2.75) is 0 Å². The fraction of sp³-hybridized carbons (Fsp3) is 0. The van der Waals surface area contributed by atoms with E-state index in [2.05, 4.69) is 174 Å². The first-order valence-corrected chi connectivity index (χ1v) is 18.0. The van der Waals surface area contributed by atoms with Crippen LogP contribution in [-0.2, 0) is 0 Å². The minimum absolute atomic E-state index is 0.527. The van der Waals surface area contributed by atoms with E-state index in [0.29, 0.717) is 11.1 Å². The zero-order valence-corrected chi connectivity index (χ0v) is 27.1. The number of hydrogen-bond acceptors (Lipinski definition) is 2. The minimum atomic E-state index is -2.86. The number of fused-ring (bicyclic) bond motifs is 3. The van der Waals surface area contributed by atoms with Gasteiger partial charge in [0.05, 0.1) is 34.3 Å². The Balaban J connectivity index is 1.43. The molecule has 1 heterocycles. The van der Waals surface area contributed by atoms with Gasteiger partial charge < -0.3 is 4.57 Å². The van der Waals surface area contributed by atoms with E-state index in [-0.39, 0.29) is 0 Å². The Labute approximate surface area is 280 Å². The highest BCUT2D eigenvalue weighted by Gasteiger charge is 2.41. The van der Waals surface area contributed by atoms with Gasteiger partial charge in [-0.05, 0) is 57.1 Å². The van der Waals surface area contributed by atoms with Crippen LogP contribution in [0.4, 0.5) is 0 Å². The third-order valence-electron chi connectivity index (χ3n) is 9.45. The molecule has 0 aliphatic carbocycles. The van der Waals surface area contributed by atoms with Crippen LogP contribution in [0.15, 0.2) is 176 Å². The van der Waals surface area contributed by atoms with E-state index in [9.17, 15) is 10.5 Å². The molecule has 4 heteroatoms. The molecule has 8 aromatic rings. The van der Waals surface area contributed by atoms with Crippen molar-refractivity contribution >= 4 is 50.6 Å². The lowest BCUT2D eigenvalue weighted by Gasteiger charge is -2.34. The Bertz CT molecular complexity index is 2370. The lowest BCUT2D eigenvalue weighted by Crippen LogP contribution is -2.74. The van der Waals surface area contributed by atoms with Gasteiger partial charge in [-0.2, -0.15) is 10.5 Å². The van der Waals surface area contributed by atoms with Crippen molar-refractivity contribution in [3.8, 4) is 29.0 Å². The maximum atomic E-state index is 10.5. The lowest BCUT2D eigenvalue weighted by atomic mass is 9.95. The fourth-order valence-electron chi connectivity index (χ4n) is 7.35. The van der Waals surface area contributed by atoms with Crippen molar-refractivity contribution in [2.75, 3.05) is 0 Å². The summed E-state index contributed by atoms with van der Waals surface area (Å²) in [7, 11) is -2.86. The first kappa shape index (κ1) is 29.0. The zero-order valence-electron chi connectivity index (χ0n) is 26.1. The van der Waals surface area contributed by atoms with Crippen LogP contribution in [0.2, 0.25) is 0 Å². The van der Waals surface area contributed by atoms with Gasteiger partial charge in [0.15, 0.2) is 8.07 Å². The first-order chi connectivity index (χ1) is 23.7. The van der Waals surface area contributed by atoms with Crippen LogP contribution in [0, 0.1) is 22.7 Å². The van der Waals surface area contributed by atoms with E-state index >= 15 is 0 Å². The monoisotopic (exact) mass is 627 g/mol. The number of aromatic nitrogens is 1. The summed E-state index contributed by atoms with van der Waals surface area (Å²) in [6.45, 7) is 0. The van der Waals surface area contributed by atoms with Gasteiger partial charge in [0, 0.05) is 27.6 Å². The van der Waals surface area contributed by atoms with Crippen LogP contribution in [0.3, 0.4) is 0 Å². The molecule has 48 heavy (non-hydrogen) atoms. The second-order valence-electron chi connectivity index (χ2n) is 11.9. The van der Waals surface area contributed by atoms with Crippen molar-refractivity contribution in [1.29, 1.82) is 10.5 Å². The van der Waals surface area contributed by atoms with Crippen LogP contribution in [0.25, 0.3) is 38.6 Å². The Kier molecular flexibility index (Phi) is 7.27. The molecule has 0 spiro atoms. The van der Waals surface area contributed by atoms with Crippen molar-refractivity contribution in [3.63, 3.8) is 0 Å². The maximum absolute atomic E-state index is 10.5. The number of rotatable bonds is 6. The summed E-state index contributed by atoms with van der Waals surface area (Å²) in [6.07, 6.45) is 0. The number of benzene rings is 7. The van der Waals surface area contributed by atoms with E-state index < -0.39 is 8.07 Å². The molecule has 224 valence electrons. The molecule has 0 aliphatic rings. The Morgan fingerprint density at radius 1 is 0.396 bits per heavy atom. The topological polar surface area (TPSA) is 52.5 Å². The molecule has 0 N–H and O–H groups in total. The smallest absolute Gasteiger partial charge is 0.179 e. The molecule has 0 saturated carbocycles. The first-order valence-electron chi connectivity index (χ1n) is 16.0. The second-order valence-corrected chi connectivity index (χ2v) is 15.7. The van der Waals surface area contributed by atoms with Gasteiger partial charge in [0.1, 0.15) is 0 Å². The van der Waals surface area contributed by atoms with Gasteiger partial charge in [0.2, 0.25) is 0 Å². The summed E-state index contributed by atoms with van der Waals surface area (Å²) < 4.78 is 2.25. The highest BCUT2D eigenvalue weighted by atomic mass is 28.3. The van der Waals surface area contributed by atoms with E-state index in [0.717, 1.165) is 33.0 Å². The van der Waals surface area contributed by atoms with E-state index in [1.165, 1.54) is 26.3 Å². The summed E-state index contributed by atoms with van der Waals surface area (Å²) in [6, 6.07) is 66.1. The fourth-order valence-corrected chi connectivity index (χ4v) is 12.1. The van der Waals surface area contributed by atoms with Crippen LogP contribution < -0.4 is 20.7 Å². The van der Waals surface area contributed by atoms with E-state index in [1.54, 1.807) is 0 Å². The number of hydrogen-bond donors (Lipinski definition) is 0. The molecule has 7 aromatic carbocycles. The Morgan fingerprint density at radius 2 is 0.812 bits per heavy atom. The lowest BCUT2D eigenvalue weighted by molar-refractivity contribution is 1.18. The quantitative estimate of drug-likeness (QED) is 0.141. The average molecular weight is 628 g/mol.